The Balaban J connectivity index is 1.34. The topological polar surface area (TPSA) is 70.2 Å². The van der Waals surface area contributed by atoms with Gasteiger partial charge in [0.1, 0.15) is 6.04 Å². The zero-order chi connectivity index (χ0) is 19.2. The van der Waals surface area contributed by atoms with Gasteiger partial charge in [0.05, 0.1) is 0 Å². The average molecular weight is 370 g/mol. The fourth-order valence-corrected chi connectivity index (χ4v) is 5.95. The largest absolute Gasteiger partial charge is 0.374 e. The van der Waals surface area contributed by atoms with E-state index < -0.39 is 6.04 Å². The van der Waals surface area contributed by atoms with E-state index in [4.69, 9.17) is 0 Å². The standard InChI is InChI=1S/C22H31N3O2/c1-13-4-5-14(2)19(6-13)23-15(3)20(26)24-21(27)25-22-10-16-7-17(11-22)9-18(8-16)12-22/h4-6,15-18,23H,7-12H2,1-3H3,(H2,24,25,26,27)/t15-,16?,17?,18?,22?/m1/s1. The number of urea groups is 1. The molecule has 5 heteroatoms. The molecule has 3 N–H and O–H groups in total. The van der Waals surface area contributed by atoms with E-state index in [0.717, 1.165) is 53.8 Å². The van der Waals surface area contributed by atoms with Gasteiger partial charge in [-0.2, -0.15) is 0 Å². The molecule has 1 aromatic carbocycles. The predicted molar refractivity (Wildman–Crippen MR) is 107 cm³/mol. The van der Waals surface area contributed by atoms with E-state index in [1.165, 1.54) is 19.3 Å². The number of hydrogen-bond acceptors (Lipinski definition) is 3. The van der Waals surface area contributed by atoms with E-state index in [1.807, 2.05) is 32.0 Å². The van der Waals surface area contributed by atoms with Crippen molar-refractivity contribution in [2.75, 3.05) is 5.32 Å². The van der Waals surface area contributed by atoms with Crippen LogP contribution in [0.5, 0.6) is 0 Å². The zero-order valence-corrected chi connectivity index (χ0v) is 16.6. The first-order valence-corrected chi connectivity index (χ1v) is 10.3. The van der Waals surface area contributed by atoms with Gasteiger partial charge in [0, 0.05) is 11.2 Å². The molecular formula is C22H31N3O2. The molecule has 5 nitrogen and oxygen atoms in total. The Morgan fingerprint density at radius 1 is 1.04 bits per heavy atom. The lowest BCUT2D eigenvalue weighted by molar-refractivity contribution is -0.120. The Bertz CT molecular complexity index is 723. The Labute approximate surface area is 161 Å². The van der Waals surface area contributed by atoms with Gasteiger partial charge >= 0.3 is 6.03 Å². The minimum Gasteiger partial charge on any atom is -0.374 e. The number of benzene rings is 1. The molecule has 0 saturated heterocycles. The summed E-state index contributed by atoms with van der Waals surface area (Å²) in [7, 11) is 0. The quantitative estimate of drug-likeness (QED) is 0.754. The number of rotatable bonds is 4. The van der Waals surface area contributed by atoms with E-state index in [2.05, 4.69) is 16.0 Å². The first kappa shape index (κ1) is 18.3. The third kappa shape index (κ3) is 3.83. The highest BCUT2D eigenvalue weighted by molar-refractivity contribution is 5.98. The first-order chi connectivity index (χ1) is 12.8. The summed E-state index contributed by atoms with van der Waals surface area (Å²) in [6.45, 7) is 5.82. The van der Waals surface area contributed by atoms with Crippen LogP contribution in [0.25, 0.3) is 0 Å². The lowest BCUT2D eigenvalue weighted by atomic mass is 9.53. The summed E-state index contributed by atoms with van der Waals surface area (Å²) in [5, 5.41) is 8.98. The van der Waals surface area contributed by atoms with Crippen LogP contribution in [0.4, 0.5) is 10.5 Å². The molecule has 0 unspecified atom stereocenters. The number of amides is 3. The molecule has 0 aromatic heterocycles. The van der Waals surface area contributed by atoms with E-state index in [1.54, 1.807) is 6.92 Å². The van der Waals surface area contributed by atoms with Gasteiger partial charge in [0.15, 0.2) is 0 Å². The second kappa shape index (κ2) is 6.84. The summed E-state index contributed by atoms with van der Waals surface area (Å²) < 4.78 is 0. The van der Waals surface area contributed by atoms with Crippen molar-refractivity contribution in [3.63, 3.8) is 0 Å². The molecule has 146 valence electrons. The second-order valence-electron chi connectivity index (χ2n) is 9.33. The molecule has 0 spiro atoms. The molecule has 0 heterocycles. The van der Waals surface area contributed by atoms with E-state index in [-0.39, 0.29) is 17.5 Å². The summed E-state index contributed by atoms with van der Waals surface area (Å²) in [5.41, 5.74) is 3.07. The summed E-state index contributed by atoms with van der Waals surface area (Å²) in [5.74, 6) is 1.99. The summed E-state index contributed by atoms with van der Waals surface area (Å²) in [6, 6.07) is 5.28. The highest BCUT2D eigenvalue weighted by Crippen LogP contribution is 2.55. The maximum Gasteiger partial charge on any atom is 0.321 e. The van der Waals surface area contributed by atoms with Gasteiger partial charge in [0.25, 0.3) is 0 Å². The van der Waals surface area contributed by atoms with Gasteiger partial charge in [-0.1, -0.05) is 12.1 Å². The summed E-state index contributed by atoms with van der Waals surface area (Å²) in [6.07, 6.45) is 7.24. The minimum atomic E-state index is -0.479. The zero-order valence-electron chi connectivity index (χ0n) is 16.6. The van der Waals surface area contributed by atoms with E-state index >= 15 is 0 Å². The Hall–Kier alpha value is -2.04. The smallest absolute Gasteiger partial charge is 0.321 e. The molecule has 27 heavy (non-hydrogen) atoms. The number of nitrogens with one attached hydrogen (secondary N) is 3. The van der Waals surface area contributed by atoms with Gasteiger partial charge in [-0.15, -0.1) is 0 Å². The molecule has 1 atom stereocenters. The SMILES string of the molecule is Cc1ccc(C)c(N[C@H](C)C(=O)NC(=O)NC23CC4CC(CC(C4)C2)C3)c1. The number of anilines is 1. The Morgan fingerprint density at radius 2 is 1.63 bits per heavy atom. The minimum absolute atomic E-state index is 0.0804. The summed E-state index contributed by atoms with van der Waals surface area (Å²) >= 11 is 0. The number of aryl methyl sites for hydroxylation is 2. The molecule has 4 aliphatic rings. The van der Waals surface area contributed by atoms with Gasteiger partial charge in [-0.25, -0.2) is 4.79 Å². The van der Waals surface area contributed by atoms with Crippen molar-refractivity contribution in [1.82, 2.24) is 10.6 Å². The molecule has 0 aliphatic heterocycles. The molecular weight excluding hydrogens is 338 g/mol. The van der Waals surface area contributed by atoms with Gasteiger partial charge in [-0.3, -0.25) is 10.1 Å². The average Bonchev–Trinajstić information content (AvgIpc) is 2.56. The van der Waals surface area contributed by atoms with Crippen LogP contribution in [0.1, 0.15) is 56.6 Å². The van der Waals surface area contributed by atoms with Crippen molar-refractivity contribution in [3.05, 3.63) is 29.3 Å². The Morgan fingerprint density at radius 3 is 2.22 bits per heavy atom. The third-order valence-electron chi connectivity index (χ3n) is 6.81. The van der Waals surface area contributed by atoms with Crippen molar-refractivity contribution in [2.45, 2.75) is 70.9 Å². The van der Waals surface area contributed by atoms with E-state index in [9.17, 15) is 9.59 Å². The van der Waals surface area contributed by atoms with Crippen LogP contribution in [0.15, 0.2) is 18.2 Å². The molecule has 3 amide bonds. The first-order valence-electron chi connectivity index (χ1n) is 10.3. The second-order valence-corrected chi connectivity index (χ2v) is 9.33. The molecule has 1 aromatic rings. The molecule has 4 fully saturated rings. The number of hydrogen-bond donors (Lipinski definition) is 3. The van der Waals surface area contributed by atoms with Crippen molar-refractivity contribution >= 4 is 17.6 Å². The van der Waals surface area contributed by atoms with Gasteiger partial charge in [-0.05, 0) is 94.2 Å². The van der Waals surface area contributed by atoms with Crippen LogP contribution in [-0.2, 0) is 4.79 Å². The van der Waals surface area contributed by atoms with Crippen molar-refractivity contribution in [3.8, 4) is 0 Å². The van der Waals surface area contributed by atoms with Crippen molar-refractivity contribution < 1.29 is 9.59 Å². The van der Waals surface area contributed by atoms with E-state index in [0.29, 0.717) is 0 Å². The summed E-state index contributed by atoms with van der Waals surface area (Å²) in [4.78, 5) is 25.1. The number of imide groups is 1. The van der Waals surface area contributed by atoms with Gasteiger partial charge < -0.3 is 10.6 Å². The molecule has 4 bridgehead atoms. The number of carbonyl (C=O) groups is 2. The fourth-order valence-electron chi connectivity index (χ4n) is 5.95. The monoisotopic (exact) mass is 369 g/mol. The van der Waals surface area contributed by atoms with Crippen LogP contribution >= 0.6 is 0 Å². The van der Waals surface area contributed by atoms with Crippen LogP contribution in [0.2, 0.25) is 0 Å². The third-order valence-corrected chi connectivity index (χ3v) is 6.81. The van der Waals surface area contributed by atoms with Crippen LogP contribution < -0.4 is 16.0 Å². The van der Waals surface area contributed by atoms with Crippen molar-refractivity contribution in [2.24, 2.45) is 17.8 Å². The molecule has 4 aliphatic carbocycles. The Kier molecular flexibility index (Phi) is 4.65. The maximum absolute atomic E-state index is 12.5. The normalized spacial score (nSPS) is 32.0. The molecule has 0 radical (unpaired) electrons. The highest BCUT2D eigenvalue weighted by Gasteiger charge is 2.51. The lowest BCUT2D eigenvalue weighted by Crippen LogP contribution is -2.62. The highest BCUT2D eigenvalue weighted by atomic mass is 16.2. The van der Waals surface area contributed by atoms with Crippen LogP contribution in [-0.4, -0.2) is 23.5 Å². The fraction of sp³-hybridized carbons (Fsp3) is 0.636. The van der Waals surface area contributed by atoms with Gasteiger partial charge in [0.2, 0.25) is 5.91 Å². The maximum atomic E-state index is 12.5. The number of carbonyl (C=O) groups excluding carboxylic acids is 2. The van der Waals surface area contributed by atoms with Crippen LogP contribution in [0.3, 0.4) is 0 Å². The predicted octanol–water partition coefficient (Wildman–Crippen LogP) is 3.90. The van der Waals surface area contributed by atoms with Crippen molar-refractivity contribution in [1.29, 1.82) is 0 Å². The molecule has 5 rings (SSSR count). The van der Waals surface area contributed by atoms with Crippen LogP contribution in [0, 0.1) is 31.6 Å². The lowest BCUT2D eigenvalue weighted by Gasteiger charge is -2.56. The molecule has 4 saturated carbocycles.